The van der Waals surface area contributed by atoms with Crippen molar-refractivity contribution in [3.05, 3.63) is 71.9 Å². The molecule has 0 atom stereocenters. The van der Waals surface area contributed by atoms with E-state index in [1.807, 2.05) is 5.10 Å². The number of imidazole rings is 1. The van der Waals surface area contributed by atoms with Gasteiger partial charge in [-0.15, -0.1) is 5.10 Å². The van der Waals surface area contributed by atoms with Crippen molar-refractivity contribution in [2.75, 3.05) is 0 Å². The van der Waals surface area contributed by atoms with Gasteiger partial charge < -0.3 is 4.57 Å². The molecule has 0 saturated heterocycles. The minimum atomic E-state index is -4.66. The first-order valence-corrected chi connectivity index (χ1v) is 9.25. The van der Waals surface area contributed by atoms with Crippen LogP contribution in [0.25, 0.3) is 22.6 Å². The topological polar surface area (TPSA) is 72.3 Å². The van der Waals surface area contributed by atoms with Crippen molar-refractivity contribution < 1.29 is 26.3 Å². The summed E-state index contributed by atoms with van der Waals surface area (Å²) in [6, 6.07) is 8.07. The highest BCUT2D eigenvalue weighted by Gasteiger charge is 2.37. The number of benzene rings is 1. The van der Waals surface area contributed by atoms with Crippen molar-refractivity contribution in [1.82, 2.24) is 29.9 Å². The van der Waals surface area contributed by atoms with Gasteiger partial charge in [-0.25, -0.2) is 4.98 Å². The van der Waals surface area contributed by atoms with Crippen LogP contribution in [0.15, 0.2) is 55.1 Å². The molecule has 0 aliphatic heterocycles. The van der Waals surface area contributed by atoms with Gasteiger partial charge in [-0.2, -0.15) is 26.3 Å². The molecule has 4 rings (SSSR count). The Morgan fingerprint density at radius 1 is 0.906 bits per heavy atom. The van der Waals surface area contributed by atoms with Crippen LogP contribution in [0.5, 0.6) is 0 Å². The number of pyridine rings is 1. The number of aryl methyl sites for hydroxylation is 2. The molecule has 1 aromatic carbocycles. The summed E-state index contributed by atoms with van der Waals surface area (Å²) < 4.78 is 80.4. The Morgan fingerprint density at radius 3 is 2.44 bits per heavy atom. The maximum atomic E-state index is 13.1. The molecule has 0 amide bonds. The second kappa shape index (κ2) is 8.09. The average molecular weight is 452 g/mol. The molecule has 0 saturated carbocycles. The number of aromatic nitrogens is 6. The molecule has 12 heteroatoms. The Labute approximate surface area is 176 Å². The third-order valence-electron chi connectivity index (χ3n) is 4.72. The van der Waals surface area contributed by atoms with Crippen LogP contribution in [-0.2, 0) is 25.3 Å². The number of nitrogens with one attached hydrogen (secondary N) is 1. The highest BCUT2D eigenvalue weighted by Crippen LogP contribution is 2.35. The summed E-state index contributed by atoms with van der Waals surface area (Å²) in [4.78, 5) is 8.30. The summed E-state index contributed by atoms with van der Waals surface area (Å²) in [5.41, 5.74) is -1.21. The molecule has 0 fully saturated rings. The molecule has 0 unspecified atom stereocenters. The Bertz CT molecular complexity index is 1220. The second-order valence-electron chi connectivity index (χ2n) is 6.86. The third kappa shape index (κ3) is 4.48. The highest BCUT2D eigenvalue weighted by molar-refractivity contribution is 5.67. The van der Waals surface area contributed by atoms with Crippen molar-refractivity contribution >= 4 is 0 Å². The van der Waals surface area contributed by atoms with Crippen LogP contribution >= 0.6 is 0 Å². The minimum Gasteiger partial charge on any atom is -0.336 e. The first-order chi connectivity index (χ1) is 15.1. The molecule has 3 heterocycles. The van der Waals surface area contributed by atoms with Crippen LogP contribution in [0.3, 0.4) is 0 Å². The van der Waals surface area contributed by atoms with E-state index in [2.05, 4.69) is 20.3 Å². The quantitative estimate of drug-likeness (QED) is 0.432. The summed E-state index contributed by atoms with van der Waals surface area (Å²) in [6.07, 6.45) is -4.67. The summed E-state index contributed by atoms with van der Waals surface area (Å²) in [5, 5.41) is 8.60. The molecule has 0 aliphatic rings. The maximum absolute atomic E-state index is 13.1. The Kier molecular flexibility index (Phi) is 5.45. The van der Waals surface area contributed by atoms with E-state index in [0.29, 0.717) is 5.69 Å². The van der Waals surface area contributed by atoms with E-state index in [1.54, 1.807) is 16.8 Å². The standard InChI is InChI=1S/C20H14F6N6/c21-19(22,23)14-4-2-1-3-12(14)6-8-32-10-16(28-11-32)15-9-13(5-7-27-15)17-18(20(24,25)26)30-31-29-17/h1-5,7,9-11H,6,8H2,(H,29,30,31). The van der Waals surface area contributed by atoms with Crippen LogP contribution in [-0.4, -0.2) is 29.9 Å². The van der Waals surface area contributed by atoms with E-state index in [0.717, 1.165) is 6.07 Å². The first kappa shape index (κ1) is 21.5. The molecule has 6 nitrogen and oxygen atoms in total. The smallest absolute Gasteiger partial charge is 0.336 e. The van der Waals surface area contributed by atoms with Crippen molar-refractivity contribution in [3.8, 4) is 22.6 Å². The van der Waals surface area contributed by atoms with Gasteiger partial charge in [0.2, 0.25) is 0 Å². The van der Waals surface area contributed by atoms with E-state index in [-0.39, 0.29) is 35.5 Å². The lowest BCUT2D eigenvalue weighted by atomic mass is 10.0. The van der Waals surface area contributed by atoms with Gasteiger partial charge in [0.25, 0.3) is 0 Å². The Hall–Kier alpha value is -3.70. The Balaban J connectivity index is 1.55. The van der Waals surface area contributed by atoms with Gasteiger partial charge in [-0.3, -0.25) is 10.1 Å². The molecule has 4 aromatic rings. The molecular formula is C20H14F6N6. The van der Waals surface area contributed by atoms with Crippen molar-refractivity contribution in [2.45, 2.75) is 25.3 Å². The zero-order valence-electron chi connectivity index (χ0n) is 16.1. The van der Waals surface area contributed by atoms with Crippen LogP contribution < -0.4 is 0 Å². The fourth-order valence-corrected chi connectivity index (χ4v) is 3.22. The maximum Gasteiger partial charge on any atom is 0.435 e. The van der Waals surface area contributed by atoms with Gasteiger partial charge in [-0.1, -0.05) is 23.4 Å². The molecule has 1 N–H and O–H groups in total. The van der Waals surface area contributed by atoms with Crippen molar-refractivity contribution in [2.24, 2.45) is 0 Å². The van der Waals surface area contributed by atoms with E-state index in [4.69, 9.17) is 0 Å². The van der Waals surface area contributed by atoms with Gasteiger partial charge in [0.15, 0.2) is 5.69 Å². The predicted molar refractivity (Wildman–Crippen MR) is 101 cm³/mol. The molecule has 0 radical (unpaired) electrons. The summed E-state index contributed by atoms with van der Waals surface area (Å²) in [5.74, 6) is 0. The normalized spacial score (nSPS) is 12.3. The molecule has 0 aliphatic carbocycles. The van der Waals surface area contributed by atoms with Crippen LogP contribution in [0, 0.1) is 0 Å². The molecule has 3 aromatic heterocycles. The monoisotopic (exact) mass is 452 g/mol. The number of alkyl halides is 6. The number of aromatic amines is 1. The molecular weight excluding hydrogens is 438 g/mol. The van der Waals surface area contributed by atoms with Crippen molar-refractivity contribution in [3.63, 3.8) is 0 Å². The van der Waals surface area contributed by atoms with Gasteiger partial charge in [0, 0.05) is 24.5 Å². The van der Waals surface area contributed by atoms with Crippen LogP contribution in [0.2, 0.25) is 0 Å². The number of halogens is 6. The summed E-state index contributed by atoms with van der Waals surface area (Å²) >= 11 is 0. The van der Waals surface area contributed by atoms with Gasteiger partial charge in [0.1, 0.15) is 11.4 Å². The first-order valence-electron chi connectivity index (χ1n) is 9.25. The lowest BCUT2D eigenvalue weighted by molar-refractivity contribution is -0.140. The fraction of sp³-hybridized carbons (Fsp3) is 0.200. The van der Waals surface area contributed by atoms with Gasteiger partial charge in [-0.05, 0) is 30.2 Å². The SMILES string of the molecule is FC(F)(F)c1ccccc1CCn1cnc(-c2cc(-c3nn[nH]c3C(F)(F)F)ccn2)c1. The zero-order valence-corrected chi connectivity index (χ0v) is 16.1. The predicted octanol–water partition coefficient (Wildman–Crippen LogP) is 5.01. The molecule has 32 heavy (non-hydrogen) atoms. The van der Waals surface area contributed by atoms with E-state index < -0.39 is 23.6 Å². The largest absolute Gasteiger partial charge is 0.435 e. The van der Waals surface area contributed by atoms with E-state index in [9.17, 15) is 26.3 Å². The van der Waals surface area contributed by atoms with Gasteiger partial charge in [0.05, 0.1) is 17.6 Å². The number of rotatable bonds is 5. The fourth-order valence-electron chi connectivity index (χ4n) is 3.22. The van der Waals surface area contributed by atoms with Crippen molar-refractivity contribution in [1.29, 1.82) is 0 Å². The number of H-pyrrole nitrogens is 1. The lowest BCUT2D eigenvalue weighted by Crippen LogP contribution is -2.10. The molecule has 166 valence electrons. The van der Waals surface area contributed by atoms with E-state index in [1.165, 1.54) is 36.8 Å². The zero-order chi connectivity index (χ0) is 22.9. The minimum absolute atomic E-state index is 0.118. The summed E-state index contributed by atoms with van der Waals surface area (Å²) in [6.45, 7) is 0.224. The second-order valence-corrected chi connectivity index (χ2v) is 6.86. The van der Waals surface area contributed by atoms with Crippen LogP contribution in [0.1, 0.15) is 16.8 Å². The average Bonchev–Trinajstić information content (AvgIpc) is 3.42. The van der Waals surface area contributed by atoms with Crippen LogP contribution in [0.4, 0.5) is 26.3 Å². The highest BCUT2D eigenvalue weighted by atomic mass is 19.4. The summed E-state index contributed by atoms with van der Waals surface area (Å²) in [7, 11) is 0. The molecule has 0 spiro atoms. The van der Waals surface area contributed by atoms with E-state index >= 15 is 0 Å². The number of hydrogen-bond donors (Lipinski definition) is 1. The lowest BCUT2D eigenvalue weighted by Gasteiger charge is -2.12. The van der Waals surface area contributed by atoms with Gasteiger partial charge >= 0.3 is 12.4 Å². The third-order valence-corrected chi connectivity index (χ3v) is 4.72. The number of hydrogen-bond acceptors (Lipinski definition) is 4. The number of nitrogens with zero attached hydrogens (tertiary/aromatic N) is 5. The Morgan fingerprint density at radius 2 is 1.69 bits per heavy atom. The molecule has 0 bridgehead atoms.